The van der Waals surface area contributed by atoms with E-state index < -0.39 is 23.5 Å². The number of Topliss-reactive ketones (excluding diaryl/α,β-unsaturated/α-hetero) is 1. The summed E-state index contributed by atoms with van der Waals surface area (Å²) >= 11 is 0. The second kappa shape index (κ2) is 10.5. The van der Waals surface area contributed by atoms with Crippen LogP contribution >= 0.6 is 0 Å². The van der Waals surface area contributed by atoms with E-state index in [1.54, 1.807) is 24.3 Å². The monoisotopic (exact) mass is 476 g/mol. The van der Waals surface area contributed by atoms with Crippen LogP contribution in [-0.4, -0.2) is 60.9 Å². The molecule has 0 spiro atoms. The van der Waals surface area contributed by atoms with E-state index in [0.717, 1.165) is 5.56 Å². The first-order chi connectivity index (χ1) is 16.9. The maximum atomic E-state index is 13.3. The average Bonchev–Trinajstić information content (AvgIpc) is 3.49. The molecule has 1 aliphatic heterocycles. The molecule has 1 atom stereocenters. The molecule has 0 radical (unpaired) electrons. The highest BCUT2D eigenvalue weighted by molar-refractivity contribution is 6.15. The molecule has 4 rings (SSSR count). The number of amides is 1. The van der Waals surface area contributed by atoms with E-state index in [4.69, 9.17) is 13.9 Å². The molecule has 0 bridgehead atoms. The zero-order valence-electron chi connectivity index (χ0n) is 19.9. The topological polar surface area (TPSA) is 92.5 Å². The number of furan rings is 1. The van der Waals surface area contributed by atoms with Gasteiger partial charge >= 0.3 is 0 Å². The van der Waals surface area contributed by atoms with Crippen LogP contribution in [0, 0.1) is 0 Å². The number of hydrogen-bond donors (Lipinski definition) is 1. The summed E-state index contributed by atoms with van der Waals surface area (Å²) in [6.45, 7) is 1.22. The Morgan fingerprint density at radius 1 is 1.09 bits per heavy atom. The third kappa shape index (κ3) is 5.07. The number of aliphatic hydroxyl groups is 1. The second-order valence-electron chi connectivity index (χ2n) is 8.46. The van der Waals surface area contributed by atoms with Crippen LogP contribution in [0.25, 0.3) is 0 Å². The number of carbonyl (C=O) groups excluding carboxylic acids is 2. The summed E-state index contributed by atoms with van der Waals surface area (Å²) in [5, 5.41) is 10.7. The Bertz CT molecular complexity index is 1220. The van der Waals surface area contributed by atoms with Crippen LogP contribution in [0.2, 0.25) is 0 Å². The van der Waals surface area contributed by atoms with Gasteiger partial charge in [-0.05, 0) is 49.5 Å². The van der Waals surface area contributed by atoms with Crippen molar-refractivity contribution in [3.63, 3.8) is 0 Å². The third-order valence-electron chi connectivity index (χ3n) is 5.82. The highest BCUT2D eigenvalue weighted by Crippen LogP contribution is 2.41. The molecule has 0 aliphatic carbocycles. The van der Waals surface area contributed by atoms with Crippen LogP contribution < -0.4 is 9.47 Å². The molecule has 0 unspecified atom stereocenters. The lowest BCUT2D eigenvalue weighted by atomic mass is 9.94. The minimum absolute atomic E-state index is 0.0243. The van der Waals surface area contributed by atoms with E-state index >= 15 is 0 Å². The number of aliphatic hydroxyl groups excluding tert-OH is 1. The first-order valence-corrected chi connectivity index (χ1v) is 11.2. The smallest absolute Gasteiger partial charge is 0.290 e. The van der Waals surface area contributed by atoms with Crippen LogP contribution in [0.3, 0.4) is 0 Å². The standard InChI is InChI=1S/C27H28N2O6/c1-28(2)13-14-29-24(23(26(31)27(29)32)25(30)21-10-7-15-34-21)19-11-12-20(22(16-19)33-3)35-17-18-8-5-4-6-9-18/h4-12,15-16,24,31H,13-14,17H2,1-3H3/t24-/m1/s1. The molecule has 2 heterocycles. The minimum Gasteiger partial charge on any atom is -0.503 e. The van der Waals surface area contributed by atoms with Crippen molar-refractivity contribution >= 4 is 11.7 Å². The van der Waals surface area contributed by atoms with Crippen molar-refractivity contribution in [2.75, 3.05) is 34.3 Å². The molecule has 1 amide bonds. The van der Waals surface area contributed by atoms with E-state index in [9.17, 15) is 14.7 Å². The van der Waals surface area contributed by atoms with Crippen LogP contribution in [-0.2, 0) is 11.4 Å². The highest BCUT2D eigenvalue weighted by Gasteiger charge is 2.44. The van der Waals surface area contributed by atoms with Gasteiger partial charge in [-0.25, -0.2) is 0 Å². The average molecular weight is 477 g/mol. The van der Waals surface area contributed by atoms with Gasteiger partial charge in [0.05, 0.1) is 25.0 Å². The Hall–Kier alpha value is -4.04. The number of carbonyl (C=O) groups is 2. The Morgan fingerprint density at radius 3 is 2.51 bits per heavy atom. The number of nitrogens with zero attached hydrogens (tertiary/aromatic N) is 2. The predicted octanol–water partition coefficient (Wildman–Crippen LogP) is 4.01. The molecule has 2 aromatic carbocycles. The second-order valence-corrected chi connectivity index (χ2v) is 8.46. The van der Waals surface area contributed by atoms with Gasteiger partial charge in [0.2, 0.25) is 5.78 Å². The third-order valence-corrected chi connectivity index (χ3v) is 5.82. The fraction of sp³-hybridized carbons (Fsp3) is 0.259. The number of rotatable bonds is 10. The lowest BCUT2D eigenvalue weighted by Crippen LogP contribution is -2.36. The molecule has 0 saturated carbocycles. The Balaban J connectivity index is 1.69. The van der Waals surface area contributed by atoms with E-state index in [1.165, 1.54) is 24.3 Å². The molecular weight excluding hydrogens is 448 g/mol. The molecule has 8 nitrogen and oxygen atoms in total. The number of hydrogen-bond acceptors (Lipinski definition) is 7. The van der Waals surface area contributed by atoms with E-state index in [0.29, 0.717) is 36.8 Å². The Kier molecular flexibility index (Phi) is 7.22. The number of benzene rings is 2. The van der Waals surface area contributed by atoms with Crippen LogP contribution in [0.1, 0.15) is 27.7 Å². The lowest BCUT2D eigenvalue weighted by Gasteiger charge is -2.28. The van der Waals surface area contributed by atoms with E-state index in [-0.39, 0.29) is 11.3 Å². The van der Waals surface area contributed by atoms with Gasteiger partial charge < -0.3 is 28.8 Å². The zero-order valence-corrected chi connectivity index (χ0v) is 19.9. The van der Waals surface area contributed by atoms with Crippen molar-refractivity contribution in [2.45, 2.75) is 12.6 Å². The van der Waals surface area contributed by atoms with Crippen molar-refractivity contribution in [3.05, 3.63) is 95.1 Å². The largest absolute Gasteiger partial charge is 0.503 e. The normalized spacial score (nSPS) is 15.7. The van der Waals surface area contributed by atoms with Gasteiger partial charge in [0.25, 0.3) is 5.91 Å². The van der Waals surface area contributed by atoms with Crippen LogP contribution in [0.4, 0.5) is 0 Å². The summed E-state index contributed by atoms with van der Waals surface area (Å²) < 4.78 is 16.8. The Labute approximate surface area is 204 Å². The Morgan fingerprint density at radius 2 is 1.86 bits per heavy atom. The zero-order chi connectivity index (χ0) is 24.9. The van der Waals surface area contributed by atoms with Crippen molar-refractivity contribution in [1.29, 1.82) is 0 Å². The minimum atomic E-state index is -0.808. The van der Waals surface area contributed by atoms with Gasteiger partial charge in [-0.3, -0.25) is 9.59 Å². The van der Waals surface area contributed by atoms with Gasteiger partial charge in [0, 0.05) is 13.1 Å². The number of ether oxygens (including phenoxy) is 2. The van der Waals surface area contributed by atoms with Gasteiger partial charge in [0.15, 0.2) is 23.0 Å². The summed E-state index contributed by atoms with van der Waals surface area (Å²) in [6, 6.07) is 17.3. The molecular formula is C27H28N2O6. The summed E-state index contributed by atoms with van der Waals surface area (Å²) in [6.07, 6.45) is 1.38. The molecule has 1 aromatic heterocycles. The van der Waals surface area contributed by atoms with Crippen molar-refractivity contribution in [1.82, 2.24) is 9.80 Å². The fourth-order valence-electron chi connectivity index (χ4n) is 4.02. The maximum Gasteiger partial charge on any atom is 0.290 e. The maximum absolute atomic E-state index is 13.3. The highest BCUT2D eigenvalue weighted by atomic mass is 16.5. The first-order valence-electron chi connectivity index (χ1n) is 11.2. The molecule has 8 heteroatoms. The molecule has 1 N–H and O–H groups in total. The van der Waals surface area contributed by atoms with E-state index in [1.807, 2.05) is 49.3 Å². The van der Waals surface area contributed by atoms with Crippen molar-refractivity contribution in [3.8, 4) is 11.5 Å². The first kappa shape index (κ1) is 24.1. The fourth-order valence-corrected chi connectivity index (χ4v) is 4.02. The quantitative estimate of drug-likeness (QED) is 0.442. The van der Waals surface area contributed by atoms with Gasteiger partial charge in [-0.1, -0.05) is 36.4 Å². The summed E-state index contributed by atoms with van der Waals surface area (Å²) in [4.78, 5) is 29.7. The van der Waals surface area contributed by atoms with Gasteiger partial charge in [0.1, 0.15) is 6.61 Å². The van der Waals surface area contributed by atoms with Gasteiger partial charge in [-0.2, -0.15) is 0 Å². The molecule has 0 saturated heterocycles. The van der Waals surface area contributed by atoms with Crippen molar-refractivity contribution < 1.29 is 28.6 Å². The van der Waals surface area contributed by atoms with E-state index in [2.05, 4.69) is 0 Å². The lowest BCUT2D eigenvalue weighted by molar-refractivity contribution is -0.129. The predicted molar refractivity (Wildman–Crippen MR) is 129 cm³/mol. The molecule has 0 fully saturated rings. The SMILES string of the molecule is COc1cc([C@@H]2C(C(=O)c3ccco3)=C(O)C(=O)N2CCN(C)C)ccc1OCc1ccccc1. The number of ketones is 1. The summed E-state index contributed by atoms with van der Waals surface area (Å²) in [7, 11) is 5.31. The van der Waals surface area contributed by atoms with Crippen LogP contribution in [0.5, 0.6) is 11.5 Å². The summed E-state index contributed by atoms with van der Waals surface area (Å²) in [5.74, 6) is -0.685. The van der Waals surface area contributed by atoms with Crippen molar-refractivity contribution in [2.24, 2.45) is 0 Å². The van der Waals surface area contributed by atoms with Gasteiger partial charge in [-0.15, -0.1) is 0 Å². The van der Waals surface area contributed by atoms with Crippen LogP contribution in [0.15, 0.2) is 82.7 Å². The number of methoxy groups -OCH3 is 1. The molecule has 1 aliphatic rings. The summed E-state index contributed by atoms with van der Waals surface area (Å²) in [5.41, 5.74) is 1.60. The molecule has 182 valence electrons. The molecule has 3 aromatic rings. The number of likely N-dealkylation sites (N-methyl/N-ethyl adjacent to an activating group) is 1. The molecule has 35 heavy (non-hydrogen) atoms.